The molecule has 7 heteroatoms. The van der Waals surface area contributed by atoms with Gasteiger partial charge in [-0.15, -0.1) is 0 Å². The molecule has 3 unspecified atom stereocenters. The zero-order chi connectivity index (χ0) is 12.9. The molecule has 0 aliphatic carbocycles. The fourth-order valence-electron chi connectivity index (χ4n) is 0. The predicted molar refractivity (Wildman–Crippen MR) is 56.1 cm³/mol. The van der Waals surface area contributed by atoms with Crippen LogP contribution in [-0.4, -0.2) is 55.5 Å². The van der Waals surface area contributed by atoms with Crippen molar-refractivity contribution < 1.29 is 71.3 Å². The Kier molecular flexibility index (Phi) is 34.6. The van der Waals surface area contributed by atoms with E-state index in [1.54, 1.807) is 20.8 Å². The van der Waals surface area contributed by atoms with Gasteiger partial charge in [-0.3, -0.25) is 0 Å². The van der Waals surface area contributed by atoms with Crippen LogP contribution in [-0.2, 0) is 14.2 Å². The first kappa shape index (κ1) is 25.9. The summed E-state index contributed by atoms with van der Waals surface area (Å²) in [5.41, 5.74) is 0. The molecule has 0 saturated heterocycles. The standard InChI is InChI=1S/3C3H8O2.Ce/c3*1-3(4)5-2;/h3*3-4H,1-2H3;. The molecular formula is C9H24CeO6. The van der Waals surface area contributed by atoms with Gasteiger partial charge in [0.15, 0.2) is 18.9 Å². The van der Waals surface area contributed by atoms with Crippen LogP contribution in [0.1, 0.15) is 20.8 Å². The van der Waals surface area contributed by atoms with Crippen LogP contribution >= 0.6 is 0 Å². The van der Waals surface area contributed by atoms with Gasteiger partial charge in [-0.05, 0) is 20.8 Å². The minimum Gasteiger partial charge on any atom is -0.368 e. The van der Waals surface area contributed by atoms with Gasteiger partial charge in [0.1, 0.15) is 0 Å². The van der Waals surface area contributed by atoms with Gasteiger partial charge in [0.2, 0.25) is 0 Å². The van der Waals surface area contributed by atoms with E-state index in [0.29, 0.717) is 0 Å². The molecule has 0 aliphatic rings. The smallest absolute Gasteiger partial charge is 0.151 e. The molecular weight excluding hydrogens is 344 g/mol. The minimum absolute atomic E-state index is 0. The summed E-state index contributed by atoms with van der Waals surface area (Å²) in [6, 6.07) is 0. The van der Waals surface area contributed by atoms with Gasteiger partial charge in [-0.1, -0.05) is 0 Å². The number of methoxy groups -OCH3 is 3. The first-order chi connectivity index (χ1) is 6.81. The van der Waals surface area contributed by atoms with E-state index >= 15 is 0 Å². The molecule has 0 aromatic heterocycles. The molecule has 0 aliphatic heterocycles. The van der Waals surface area contributed by atoms with Crippen LogP contribution < -0.4 is 0 Å². The second-order valence-electron chi connectivity index (χ2n) is 2.51. The molecule has 16 heavy (non-hydrogen) atoms. The molecule has 0 radical (unpaired) electrons. The first-order valence-electron chi connectivity index (χ1n) is 4.44. The van der Waals surface area contributed by atoms with E-state index in [2.05, 4.69) is 14.2 Å². The Bertz CT molecular complexity index is 81.0. The topological polar surface area (TPSA) is 88.4 Å². The summed E-state index contributed by atoms with van der Waals surface area (Å²) in [7, 11) is 4.35. The summed E-state index contributed by atoms with van der Waals surface area (Å²) >= 11 is 0. The van der Waals surface area contributed by atoms with Gasteiger partial charge in [0.25, 0.3) is 0 Å². The van der Waals surface area contributed by atoms with Gasteiger partial charge in [-0.2, -0.15) is 0 Å². The third-order valence-electron chi connectivity index (χ3n) is 1.02. The molecule has 0 amide bonds. The van der Waals surface area contributed by atoms with Crippen LogP contribution in [0.2, 0.25) is 0 Å². The molecule has 6 nitrogen and oxygen atoms in total. The number of aliphatic hydroxyl groups excluding tert-OH is 3. The van der Waals surface area contributed by atoms with Crippen molar-refractivity contribution in [3.63, 3.8) is 0 Å². The SMILES string of the molecule is COC(C)O.COC(C)O.COC(C)O.[Ce]. The van der Waals surface area contributed by atoms with E-state index in [1.807, 2.05) is 0 Å². The average molecular weight is 368 g/mol. The molecule has 0 rings (SSSR count). The van der Waals surface area contributed by atoms with Crippen LogP contribution in [0.5, 0.6) is 0 Å². The number of hydrogen-bond donors (Lipinski definition) is 3. The van der Waals surface area contributed by atoms with Crippen molar-refractivity contribution in [1.82, 2.24) is 0 Å². The predicted octanol–water partition coefficient (Wildman–Crippen LogP) is -0.0867. The molecule has 0 aromatic carbocycles. The maximum atomic E-state index is 8.14. The zero-order valence-electron chi connectivity index (χ0n) is 10.8. The Morgan fingerprint density at radius 3 is 0.688 bits per heavy atom. The van der Waals surface area contributed by atoms with Crippen LogP contribution in [0.15, 0.2) is 0 Å². The molecule has 0 heterocycles. The molecule has 100 valence electrons. The van der Waals surface area contributed by atoms with Crippen molar-refractivity contribution in [3.05, 3.63) is 0 Å². The Balaban J connectivity index is -0.0000000655. The summed E-state index contributed by atoms with van der Waals surface area (Å²) < 4.78 is 12.9. The zero-order valence-corrected chi connectivity index (χ0v) is 13.9. The Morgan fingerprint density at radius 1 is 0.625 bits per heavy atom. The van der Waals surface area contributed by atoms with E-state index in [0.717, 1.165) is 0 Å². The van der Waals surface area contributed by atoms with Crippen molar-refractivity contribution in [2.45, 2.75) is 39.6 Å². The number of ether oxygens (including phenoxy) is 3. The first-order valence-corrected chi connectivity index (χ1v) is 4.44. The van der Waals surface area contributed by atoms with Gasteiger partial charge >= 0.3 is 0 Å². The van der Waals surface area contributed by atoms with Crippen molar-refractivity contribution in [2.24, 2.45) is 0 Å². The number of hydrogen-bond acceptors (Lipinski definition) is 6. The van der Waals surface area contributed by atoms with E-state index in [9.17, 15) is 0 Å². The molecule has 0 bridgehead atoms. The largest absolute Gasteiger partial charge is 0.368 e. The summed E-state index contributed by atoms with van der Waals surface area (Å²) in [5.74, 6) is 0. The van der Waals surface area contributed by atoms with E-state index < -0.39 is 18.9 Å². The maximum Gasteiger partial charge on any atom is 0.151 e. The van der Waals surface area contributed by atoms with Crippen molar-refractivity contribution in [3.8, 4) is 0 Å². The van der Waals surface area contributed by atoms with Crippen LogP contribution in [0, 0.1) is 41.7 Å². The molecule has 0 aromatic rings. The minimum atomic E-state index is -0.616. The maximum absolute atomic E-state index is 8.14. The van der Waals surface area contributed by atoms with Gasteiger partial charge in [-0.25, -0.2) is 0 Å². The summed E-state index contributed by atoms with van der Waals surface area (Å²) in [6.45, 7) is 4.67. The van der Waals surface area contributed by atoms with E-state index in [4.69, 9.17) is 15.3 Å². The third kappa shape index (κ3) is 59.4. The average Bonchev–Trinajstić information content (AvgIpc) is 2.19. The quantitative estimate of drug-likeness (QED) is 0.604. The fraction of sp³-hybridized carbons (Fsp3) is 1.00. The second-order valence-corrected chi connectivity index (χ2v) is 2.51. The molecule has 0 saturated carbocycles. The number of rotatable bonds is 3. The summed E-state index contributed by atoms with van der Waals surface area (Å²) in [4.78, 5) is 0. The normalized spacial score (nSPS) is 14.1. The van der Waals surface area contributed by atoms with Crippen LogP contribution in [0.25, 0.3) is 0 Å². The van der Waals surface area contributed by atoms with Crippen LogP contribution in [0.3, 0.4) is 0 Å². The monoisotopic (exact) mass is 368 g/mol. The Morgan fingerprint density at radius 2 is 0.688 bits per heavy atom. The summed E-state index contributed by atoms with van der Waals surface area (Å²) in [6.07, 6.45) is -1.85. The van der Waals surface area contributed by atoms with E-state index in [-0.39, 0.29) is 41.7 Å². The molecule has 3 N–H and O–H groups in total. The van der Waals surface area contributed by atoms with Gasteiger partial charge in [0.05, 0.1) is 0 Å². The van der Waals surface area contributed by atoms with Crippen molar-refractivity contribution >= 4 is 0 Å². The van der Waals surface area contributed by atoms with Gasteiger partial charge in [0, 0.05) is 63.1 Å². The fourth-order valence-corrected chi connectivity index (χ4v) is 0. The van der Waals surface area contributed by atoms with E-state index in [1.165, 1.54) is 21.3 Å². The number of aliphatic hydroxyl groups is 3. The summed E-state index contributed by atoms with van der Waals surface area (Å²) in [5, 5.41) is 24.4. The van der Waals surface area contributed by atoms with Crippen molar-refractivity contribution in [2.75, 3.05) is 21.3 Å². The Hall–Kier alpha value is 1.14. The second kappa shape index (κ2) is 21.4. The molecule has 0 fully saturated rings. The molecule has 3 atom stereocenters. The Labute approximate surface area is 131 Å². The van der Waals surface area contributed by atoms with Crippen molar-refractivity contribution in [1.29, 1.82) is 0 Å². The van der Waals surface area contributed by atoms with Gasteiger partial charge < -0.3 is 29.5 Å². The third-order valence-corrected chi connectivity index (χ3v) is 1.02. The molecule has 0 spiro atoms. The van der Waals surface area contributed by atoms with Crippen LogP contribution in [0.4, 0.5) is 0 Å².